The lowest BCUT2D eigenvalue weighted by atomic mass is 10.2. The second-order valence-electron chi connectivity index (χ2n) is 4.07. The van der Waals surface area contributed by atoms with E-state index >= 15 is 0 Å². The van der Waals surface area contributed by atoms with Crippen molar-refractivity contribution in [3.05, 3.63) is 48.5 Å². The molecule has 6 heteroatoms. The number of halogens is 1. The Bertz CT molecular complexity index is 592. The number of nitrogen functional groups attached to an aromatic ring is 1. The fourth-order valence-electron chi connectivity index (χ4n) is 1.54. The molecular formula is C14H14FN3OS. The molecule has 2 aromatic rings. The molecule has 0 aliphatic carbocycles. The van der Waals surface area contributed by atoms with Gasteiger partial charge in [0.05, 0.1) is 5.69 Å². The SMILES string of the molecule is Nc1cc(NC(=O)CCSc2ccncc2)ccc1F. The van der Waals surface area contributed by atoms with E-state index < -0.39 is 5.82 Å². The van der Waals surface area contributed by atoms with Crippen molar-refractivity contribution in [2.75, 3.05) is 16.8 Å². The van der Waals surface area contributed by atoms with Crippen molar-refractivity contribution in [1.29, 1.82) is 0 Å². The van der Waals surface area contributed by atoms with E-state index in [4.69, 9.17) is 5.73 Å². The van der Waals surface area contributed by atoms with Crippen molar-refractivity contribution in [1.82, 2.24) is 4.98 Å². The number of nitrogens with two attached hydrogens (primary N) is 1. The molecule has 0 radical (unpaired) electrons. The molecule has 0 saturated heterocycles. The first kappa shape index (κ1) is 14.3. The van der Waals surface area contributed by atoms with Gasteiger partial charge in [-0.2, -0.15) is 0 Å². The van der Waals surface area contributed by atoms with Crippen molar-refractivity contribution >= 4 is 29.0 Å². The fourth-order valence-corrected chi connectivity index (χ4v) is 2.38. The highest BCUT2D eigenvalue weighted by Crippen LogP contribution is 2.19. The van der Waals surface area contributed by atoms with E-state index in [0.717, 1.165) is 4.90 Å². The number of anilines is 2. The van der Waals surface area contributed by atoms with E-state index in [-0.39, 0.29) is 11.6 Å². The number of aromatic nitrogens is 1. The maximum absolute atomic E-state index is 13.0. The highest BCUT2D eigenvalue weighted by molar-refractivity contribution is 7.99. The number of amides is 1. The van der Waals surface area contributed by atoms with Gasteiger partial charge in [0.15, 0.2) is 0 Å². The second kappa shape index (κ2) is 6.91. The van der Waals surface area contributed by atoms with E-state index in [1.54, 1.807) is 24.2 Å². The molecule has 0 bridgehead atoms. The van der Waals surface area contributed by atoms with Crippen LogP contribution >= 0.6 is 11.8 Å². The van der Waals surface area contributed by atoms with Crippen molar-refractivity contribution in [2.45, 2.75) is 11.3 Å². The number of carbonyl (C=O) groups excluding carboxylic acids is 1. The molecule has 1 aromatic heterocycles. The molecule has 0 aliphatic heterocycles. The van der Waals surface area contributed by atoms with Gasteiger partial charge in [0.2, 0.25) is 5.91 Å². The molecule has 20 heavy (non-hydrogen) atoms. The normalized spacial score (nSPS) is 10.2. The molecule has 4 nitrogen and oxygen atoms in total. The third kappa shape index (κ3) is 4.24. The Balaban J connectivity index is 1.79. The molecule has 0 spiro atoms. The van der Waals surface area contributed by atoms with Gasteiger partial charge in [-0.15, -0.1) is 11.8 Å². The Labute approximate surface area is 120 Å². The van der Waals surface area contributed by atoms with E-state index in [1.165, 1.54) is 18.2 Å². The van der Waals surface area contributed by atoms with Gasteiger partial charge in [0, 0.05) is 35.2 Å². The summed E-state index contributed by atoms with van der Waals surface area (Å²) in [5.74, 6) is 0.0424. The van der Waals surface area contributed by atoms with Crippen LogP contribution in [0.5, 0.6) is 0 Å². The summed E-state index contributed by atoms with van der Waals surface area (Å²) in [5.41, 5.74) is 5.96. The van der Waals surface area contributed by atoms with Crippen molar-refractivity contribution in [2.24, 2.45) is 0 Å². The lowest BCUT2D eigenvalue weighted by Crippen LogP contribution is -2.12. The van der Waals surface area contributed by atoms with Crippen LogP contribution < -0.4 is 11.1 Å². The summed E-state index contributed by atoms with van der Waals surface area (Å²) in [6, 6.07) is 7.91. The summed E-state index contributed by atoms with van der Waals surface area (Å²) < 4.78 is 13.0. The second-order valence-corrected chi connectivity index (χ2v) is 5.23. The zero-order valence-electron chi connectivity index (χ0n) is 10.7. The summed E-state index contributed by atoms with van der Waals surface area (Å²) in [6.07, 6.45) is 3.79. The van der Waals surface area contributed by atoms with Crippen LogP contribution in [0.1, 0.15) is 6.42 Å². The number of rotatable bonds is 5. The number of nitrogens with one attached hydrogen (secondary N) is 1. The lowest BCUT2D eigenvalue weighted by molar-refractivity contribution is -0.115. The van der Waals surface area contributed by atoms with Crippen LogP contribution in [0.4, 0.5) is 15.8 Å². The third-order valence-corrected chi connectivity index (χ3v) is 3.54. The summed E-state index contributed by atoms with van der Waals surface area (Å²) >= 11 is 1.58. The largest absolute Gasteiger partial charge is 0.396 e. The Morgan fingerprint density at radius 3 is 2.75 bits per heavy atom. The van der Waals surface area contributed by atoms with Gasteiger partial charge in [0.25, 0.3) is 0 Å². The number of carbonyl (C=O) groups is 1. The maximum Gasteiger partial charge on any atom is 0.225 e. The number of benzene rings is 1. The smallest absolute Gasteiger partial charge is 0.225 e. The van der Waals surface area contributed by atoms with Crippen molar-refractivity contribution < 1.29 is 9.18 Å². The molecule has 0 atom stereocenters. The molecule has 0 unspecified atom stereocenters. The Kier molecular flexibility index (Phi) is 4.95. The minimum atomic E-state index is -0.490. The summed E-state index contributed by atoms with van der Waals surface area (Å²) in [7, 11) is 0. The monoisotopic (exact) mass is 291 g/mol. The molecule has 1 aromatic carbocycles. The van der Waals surface area contributed by atoms with Gasteiger partial charge in [-0.05, 0) is 30.3 Å². The van der Waals surface area contributed by atoms with Crippen molar-refractivity contribution in [3.8, 4) is 0 Å². The molecule has 2 rings (SSSR count). The molecule has 3 N–H and O–H groups in total. The molecule has 104 valence electrons. The lowest BCUT2D eigenvalue weighted by Gasteiger charge is -2.06. The topological polar surface area (TPSA) is 68.0 Å². The highest BCUT2D eigenvalue weighted by atomic mass is 32.2. The first-order chi connectivity index (χ1) is 9.65. The minimum absolute atomic E-state index is 0.0222. The highest BCUT2D eigenvalue weighted by Gasteiger charge is 2.05. The standard InChI is InChI=1S/C14H14FN3OS/c15-12-2-1-10(9-13(12)16)18-14(19)5-8-20-11-3-6-17-7-4-11/h1-4,6-7,9H,5,8,16H2,(H,18,19). The molecule has 0 fully saturated rings. The zero-order chi connectivity index (χ0) is 14.4. The Morgan fingerprint density at radius 1 is 1.30 bits per heavy atom. The minimum Gasteiger partial charge on any atom is -0.396 e. The quantitative estimate of drug-likeness (QED) is 0.656. The number of thioether (sulfide) groups is 1. The van der Waals surface area contributed by atoms with Crippen LogP contribution in [0.15, 0.2) is 47.6 Å². The van der Waals surface area contributed by atoms with Crippen molar-refractivity contribution in [3.63, 3.8) is 0 Å². The van der Waals surface area contributed by atoms with Gasteiger partial charge < -0.3 is 11.1 Å². The summed E-state index contributed by atoms with van der Waals surface area (Å²) in [6.45, 7) is 0. The summed E-state index contributed by atoms with van der Waals surface area (Å²) in [4.78, 5) is 16.7. The first-order valence-electron chi connectivity index (χ1n) is 6.03. The van der Waals surface area contributed by atoms with E-state index in [0.29, 0.717) is 17.9 Å². The van der Waals surface area contributed by atoms with Crippen LogP contribution in [0.2, 0.25) is 0 Å². The van der Waals surface area contributed by atoms with E-state index in [1.807, 2.05) is 12.1 Å². The molecular weight excluding hydrogens is 277 g/mol. The molecule has 1 heterocycles. The predicted octanol–water partition coefficient (Wildman–Crippen LogP) is 2.92. The van der Waals surface area contributed by atoms with Gasteiger partial charge in [-0.3, -0.25) is 9.78 Å². The van der Waals surface area contributed by atoms with Gasteiger partial charge in [0.1, 0.15) is 5.82 Å². The zero-order valence-corrected chi connectivity index (χ0v) is 11.5. The molecule has 0 saturated carbocycles. The van der Waals surface area contributed by atoms with Crippen LogP contribution in [-0.2, 0) is 4.79 Å². The molecule has 0 aliphatic rings. The Hall–Kier alpha value is -2.08. The average Bonchev–Trinajstić information content (AvgIpc) is 2.44. The predicted molar refractivity (Wildman–Crippen MR) is 79.0 cm³/mol. The van der Waals surface area contributed by atoms with Gasteiger partial charge in [-0.25, -0.2) is 4.39 Å². The first-order valence-corrected chi connectivity index (χ1v) is 7.01. The van der Waals surface area contributed by atoms with Crippen LogP contribution in [0.25, 0.3) is 0 Å². The number of hydrogen-bond donors (Lipinski definition) is 2. The van der Waals surface area contributed by atoms with E-state index in [9.17, 15) is 9.18 Å². The number of pyridine rings is 1. The maximum atomic E-state index is 13.0. The molecule has 1 amide bonds. The Morgan fingerprint density at radius 2 is 2.05 bits per heavy atom. The summed E-state index contributed by atoms with van der Waals surface area (Å²) in [5, 5.41) is 2.68. The van der Waals surface area contributed by atoms with E-state index in [2.05, 4.69) is 10.3 Å². The third-order valence-electron chi connectivity index (χ3n) is 2.53. The number of nitrogens with zero attached hydrogens (tertiary/aromatic N) is 1. The van der Waals surface area contributed by atoms with Gasteiger partial charge >= 0.3 is 0 Å². The fraction of sp³-hybridized carbons (Fsp3) is 0.143. The average molecular weight is 291 g/mol. The van der Waals surface area contributed by atoms with Gasteiger partial charge in [-0.1, -0.05) is 0 Å². The number of hydrogen-bond acceptors (Lipinski definition) is 4. The van der Waals surface area contributed by atoms with Crippen LogP contribution in [-0.4, -0.2) is 16.6 Å². The van der Waals surface area contributed by atoms with Crippen LogP contribution in [0.3, 0.4) is 0 Å². The van der Waals surface area contributed by atoms with Crippen LogP contribution in [0, 0.1) is 5.82 Å².